The van der Waals surface area contributed by atoms with Gasteiger partial charge in [0.25, 0.3) is 5.91 Å². The third kappa shape index (κ3) is 6.39. The molecule has 1 atom stereocenters. The van der Waals surface area contributed by atoms with Crippen LogP contribution in [0.2, 0.25) is 0 Å². The zero-order valence-corrected chi connectivity index (χ0v) is 17.4. The monoisotopic (exact) mass is 498 g/mol. The van der Waals surface area contributed by atoms with Gasteiger partial charge in [-0.2, -0.15) is 0 Å². The lowest BCUT2D eigenvalue weighted by Gasteiger charge is -2.13. The van der Waals surface area contributed by atoms with Crippen LogP contribution in [0.4, 0.5) is 10.2 Å². The molecule has 2 N–H and O–H groups in total. The number of amides is 2. The van der Waals surface area contributed by atoms with Gasteiger partial charge in [0.05, 0.1) is 0 Å². The van der Waals surface area contributed by atoms with Crippen molar-refractivity contribution >= 4 is 40.2 Å². The van der Waals surface area contributed by atoms with E-state index in [1.165, 1.54) is 13.1 Å². The predicted molar refractivity (Wildman–Crippen MR) is 110 cm³/mol. The Hall–Kier alpha value is -2.30. The lowest BCUT2D eigenvalue weighted by molar-refractivity contribution is -0.117. The number of alkyl halides is 2. The van der Waals surface area contributed by atoms with Gasteiger partial charge in [0.15, 0.2) is 3.68 Å². The number of nitrogens with zero attached hydrogens (tertiary/aromatic N) is 2. The molecule has 1 aliphatic rings. The molecular weight excluding hydrogens is 478 g/mol. The number of pyridine rings is 2. The molecule has 0 aliphatic heterocycles. The molecule has 0 radical (unpaired) electrons. The van der Waals surface area contributed by atoms with Gasteiger partial charge >= 0.3 is 0 Å². The van der Waals surface area contributed by atoms with Crippen LogP contribution in [-0.2, 0) is 11.3 Å². The lowest BCUT2D eigenvalue weighted by Crippen LogP contribution is -2.23. The van der Waals surface area contributed by atoms with Gasteiger partial charge in [-0.15, -0.1) is 0 Å². The van der Waals surface area contributed by atoms with E-state index in [9.17, 15) is 14.0 Å². The summed E-state index contributed by atoms with van der Waals surface area (Å²) in [5, 5.41) is 5.51. The van der Waals surface area contributed by atoms with Crippen molar-refractivity contribution < 1.29 is 18.7 Å². The Morgan fingerprint density at radius 3 is 2.75 bits per heavy atom. The van der Waals surface area contributed by atoms with E-state index in [0.29, 0.717) is 17.3 Å². The molecule has 0 spiro atoms. The first-order valence-electron chi connectivity index (χ1n) is 8.81. The first-order chi connectivity index (χ1) is 13.3. The molecule has 28 heavy (non-hydrogen) atoms. The molecule has 1 aliphatic carbocycles. The number of rotatable bonds is 8. The van der Waals surface area contributed by atoms with Gasteiger partial charge in [0.2, 0.25) is 11.8 Å². The van der Waals surface area contributed by atoms with Crippen molar-refractivity contribution in [2.45, 2.75) is 30.0 Å². The van der Waals surface area contributed by atoms with E-state index in [1.807, 2.05) is 0 Å². The average molecular weight is 498 g/mol. The van der Waals surface area contributed by atoms with Crippen LogP contribution in [0.3, 0.4) is 0 Å². The van der Waals surface area contributed by atoms with Crippen LogP contribution in [0.25, 0.3) is 0 Å². The lowest BCUT2D eigenvalue weighted by atomic mass is 10.2. The van der Waals surface area contributed by atoms with E-state index in [0.717, 1.165) is 18.4 Å². The van der Waals surface area contributed by atoms with Gasteiger partial charge < -0.3 is 15.4 Å². The molecule has 148 valence electrons. The van der Waals surface area contributed by atoms with E-state index in [2.05, 4.69) is 20.6 Å². The second-order valence-corrected chi connectivity index (χ2v) is 8.99. The Morgan fingerprint density at radius 2 is 2.11 bits per heavy atom. The summed E-state index contributed by atoms with van der Waals surface area (Å²) in [6, 6.07) is 6.50. The van der Waals surface area contributed by atoms with Gasteiger partial charge in [-0.25, -0.2) is 14.4 Å². The molecule has 9 heteroatoms. The second kappa shape index (κ2) is 8.80. The van der Waals surface area contributed by atoms with Crippen LogP contribution < -0.4 is 15.4 Å². The van der Waals surface area contributed by atoms with Crippen LogP contribution in [0.5, 0.6) is 5.88 Å². The van der Waals surface area contributed by atoms with Crippen molar-refractivity contribution in [3.05, 3.63) is 47.8 Å². The van der Waals surface area contributed by atoms with Gasteiger partial charge in [-0.05, 0) is 60.1 Å². The Kier molecular flexibility index (Phi) is 6.42. The largest absolute Gasteiger partial charge is 0.473 e. The SMILES string of the molecule is CC(F)(I)COc1ccc(CNC(=O)c2ccnc(NC(=O)C3CC3)c2)cn1. The number of ether oxygens (including phenoxy) is 1. The zero-order chi connectivity index (χ0) is 20.1. The summed E-state index contributed by atoms with van der Waals surface area (Å²) in [4.78, 5) is 32.3. The van der Waals surface area contributed by atoms with Crippen LogP contribution >= 0.6 is 22.6 Å². The summed E-state index contributed by atoms with van der Waals surface area (Å²) in [7, 11) is 0. The summed E-state index contributed by atoms with van der Waals surface area (Å²) >= 11 is 1.66. The van der Waals surface area contributed by atoms with Crippen molar-refractivity contribution in [3.63, 3.8) is 0 Å². The summed E-state index contributed by atoms with van der Waals surface area (Å²) in [5.74, 6) is 0.398. The van der Waals surface area contributed by atoms with Crippen molar-refractivity contribution in [2.75, 3.05) is 11.9 Å². The number of carbonyl (C=O) groups is 2. The molecule has 0 saturated heterocycles. The molecule has 2 aromatic heterocycles. The Labute approximate surface area is 175 Å². The zero-order valence-electron chi connectivity index (χ0n) is 15.2. The first-order valence-corrected chi connectivity index (χ1v) is 9.89. The fraction of sp³-hybridized carbons (Fsp3) is 0.368. The number of hydrogen-bond acceptors (Lipinski definition) is 5. The summed E-state index contributed by atoms with van der Waals surface area (Å²) < 4.78 is 17.2. The molecular formula is C19H20FIN4O3. The molecule has 0 aromatic carbocycles. The minimum absolute atomic E-state index is 0.0610. The summed E-state index contributed by atoms with van der Waals surface area (Å²) in [6.07, 6.45) is 4.84. The molecule has 0 bridgehead atoms. The predicted octanol–water partition coefficient (Wildman–Crippen LogP) is 3.25. The van der Waals surface area contributed by atoms with Crippen LogP contribution in [-0.4, -0.2) is 32.1 Å². The fourth-order valence-electron chi connectivity index (χ4n) is 2.30. The van der Waals surface area contributed by atoms with Gasteiger partial charge in [-0.1, -0.05) is 6.07 Å². The maximum atomic E-state index is 13.4. The highest BCUT2D eigenvalue weighted by atomic mass is 127. The molecule has 1 unspecified atom stereocenters. The van der Waals surface area contributed by atoms with Crippen LogP contribution in [0.15, 0.2) is 36.7 Å². The Balaban J connectivity index is 1.51. The van der Waals surface area contributed by atoms with Crippen molar-refractivity contribution in [3.8, 4) is 5.88 Å². The molecule has 2 amide bonds. The van der Waals surface area contributed by atoms with Gasteiger partial charge in [0, 0.05) is 36.5 Å². The van der Waals surface area contributed by atoms with Gasteiger partial charge in [-0.3, -0.25) is 9.59 Å². The topological polar surface area (TPSA) is 93.2 Å². The highest BCUT2D eigenvalue weighted by molar-refractivity contribution is 14.1. The number of nitrogens with one attached hydrogen (secondary N) is 2. The fourth-order valence-corrected chi connectivity index (χ4v) is 2.46. The first kappa shape index (κ1) is 20.4. The van der Waals surface area contributed by atoms with Crippen molar-refractivity contribution in [1.29, 1.82) is 0 Å². The summed E-state index contributed by atoms with van der Waals surface area (Å²) in [5.41, 5.74) is 1.17. The number of aromatic nitrogens is 2. The molecule has 1 saturated carbocycles. The number of hydrogen-bond donors (Lipinski definition) is 2. The smallest absolute Gasteiger partial charge is 0.251 e. The normalized spacial score (nSPS) is 15.4. The van der Waals surface area contributed by atoms with Gasteiger partial charge in [0.1, 0.15) is 12.4 Å². The molecule has 1 fully saturated rings. The minimum atomic E-state index is -1.46. The van der Waals surface area contributed by atoms with E-state index in [-0.39, 0.29) is 30.9 Å². The Bertz CT molecular complexity index is 851. The quantitative estimate of drug-likeness (QED) is 0.431. The number of anilines is 1. The van der Waals surface area contributed by atoms with E-state index < -0.39 is 3.68 Å². The maximum Gasteiger partial charge on any atom is 0.251 e. The molecule has 2 aromatic rings. The standard InChI is InChI=1S/C19H20FIN4O3/c1-19(20,21)11-28-16-5-2-12(9-23-16)10-24-17(26)14-6-7-22-15(8-14)25-18(27)13-3-4-13/h2,5-9,13H,3-4,10-11H2,1H3,(H,24,26)(H,22,25,27). The highest BCUT2D eigenvalue weighted by Gasteiger charge is 2.29. The van der Waals surface area contributed by atoms with E-state index in [4.69, 9.17) is 4.74 Å². The van der Waals surface area contributed by atoms with Crippen molar-refractivity contribution in [2.24, 2.45) is 5.92 Å². The summed E-state index contributed by atoms with van der Waals surface area (Å²) in [6.45, 7) is 1.59. The van der Waals surface area contributed by atoms with Crippen LogP contribution in [0, 0.1) is 5.92 Å². The Morgan fingerprint density at radius 1 is 1.32 bits per heavy atom. The molecule has 7 nitrogen and oxygen atoms in total. The number of halogens is 2. The second-order valence-electron chi connectivity index (χ2n) is 6.74. The van der Waals surface area contributed by atoms with E-state index in [1.54, 1.807) is 53.1 Å². The minimum Gasteiger partial charge on any atom is -0.473 e. The number of carbonyl (C=O) groups excluding carboxylic acids is 2. The maximum absolute atomic E-state index is 13.4. The van der Waals surface area contributed by atoms with Crippen molar-refractivity contribution in [1.82, 2.24) is 15.3 Å². The highest BCUT2D eigenvalue weighted by Crippen LogP contribution is 2.30. The molecule has 3 rings (SSSR count). The third-order valence-electron chi connectivity index (χ3n) is 3.95. The average Bonchev–Trinajstić information content (AvgIpc) is 3.50. The molecule has 2 heterocycles. The van der Waals surface area contributed by atoms with Crippen LogP contribution in [0.1, 0.15) is 35.7 Å². The third-order valence-corrected chi connectivity index (χ3v) is 4.26. The van der Waals surface area contributed by atoms with E-state index >= 15 is 0 Å².